The van der Waals surface area contributed by atoms with Gasteiger partial charge in [0.1, 0.15) is 11.6 Å². The fourth-order valence-corrected chi connectivity index (χ4v) is 4.54. The fraction of sp³-hybridized carbons (Fsp3) is 0.435. The summed E-state index contributed by atoms with van der Waals surface area (Å²) < 4.78 is 2.31. The number of aryl methyl sites for hydroxylation is 1. The van der Waals surface area contributed by atoms with Crippen LogP contribution in [-0.2, 0) is 13.0 Å². The molecule has 0 N–H and O–H groups in total. The highest BCUT2D eigenvalue weighted by molar-refractivity contribution is 5.93. The minimum Gasteiger partial charge on any atom is -0.338 e. The van der Waals surface area contributed by atoms with Gasteiger partial charge < -0.3 is 9.47 Å². The molecule has 1 aromatic carbocycles. The molecule has 0 bridgehead atoms. The molecule has 0 aliphatic carbocycles. The highest BCUT2D eigenvalue weighted by Gasteiger charge is 2.30. The molecule has 1 atom stereocenters. The Morgan fingerprint density at radius 3 is 2.60 bits per heavy atom. The Morgan fingerprint density at radius 1 is 0.933 bits per heavy atom. The summed E-state index contributed by atoms with van der Waals surface area (Å²) in [6.45, 7) is 2.44. The SMILES string of the molecule is O=C(c1cnc(-c2ccccc2)nc1)N1CCCC(c2nnc3n2CCCCC3)C1. The molecule has 7 heteroatoms. The smallest absolute Gasteiger partial charge is 0.257 e. The third kappa shape index (κ3) is 3.72. The van der Waals surface area contributed by atoms with Gasteiger partial charge in [0.25, 0.3) is 5.91 Å². The molecule has 154 valence electrons. The molecule has 0 saturated carbocycles. The van der Waals surface area contributed by atoms with Gasteiger partial charge in [0.2, 0.25) is 0 Å². The van der Waals surface area contributed by atoms with Crippen LogP contribution in [0.25, 0.3) is 11.4 Å². The lowest BCUT2D eigenvalue weighted by atomic mass is 9.96. The summed E-state index contributed by atoms with van der Waals surface area (Å²) in [5, 5.41) is 8.97. The van der Waals surface area contributed by atoms with E-state index < -0.39 is 0 Å². The molecule has 5 rings (SSSR count). The Balaban J connectivity index is 1.31. The number of benzene rings is 1. The Hall–Kier alpha value is -3.09. The van der Waals surface area contributed by atoms with E-state index in [0.29, 0.717) is 17.9 Å². The van der Waals surface area contributed by atoms with Crippen molar-refractivity contribution in [1.82, 2.24) is 29.6 Å². The van der Waals surface area contributed by atoms with Crippen molar-refractivity contribution in [2.45, 2.75) is 51.0 Å². The van der Waals surface area contributed by atoms with Gasteiger partial charge in [-0.1, -0.05) is 36.8 Å². The monoisotopic (exact) mass is 402 g/mol. The number of carbonyl (C=O) groups is 1. The van der Waals surface area contributed by atoms with Gasteiger partial charge >= 0.3 is 0 Å². The number of amides is 1. The molecule has 2 aliphatic heterocycles. The van der Waals surface area contributed by atoms with E-state index in [0.717, 1.165) is 49.6 Å². The minimum atomic E-state index is -0.00471. The van der Waals surface area contributed by atoms with Gasteiger partial charge in [0.15, 0.2) is 5.82 Å². The maximum atomic E-state index is 13.1. The van der Waals surface area contributed by atoms with Crippen molar-refractivity contribution in [3.05, 3.63) is 59.9 Å². The molecule has 1 unspecified atom stereocenters. The van der Waals surface area contributed by atoms with E-state index >= 15 is 0 Å². The van der Waals surface area contributed by atoms with Crippen molar-refractivity contribution in [3.63, 3.8) is 0 Å². The van der Waals surface area contributed by atoms with Crippen LogP contribution >= 0.6 is 0 Å². The van der Waals surface area contributed by atoms with Gasteiger partial charge in [0.05, 0.1) is 5.56 Å². The number of fused-ring (bicyclic) bond motifs is 1. The average molecular weight is 403 g/mol. The number of rotatable bonds is 3. The van der Waals surface area contributed by atoms with Gasteiger partial charge in [-0.25, -0.2) is 9.97 Å². The van der Waals surface area contributed by atoms with Crippen LogP contribution in [0.5, 0.6) is 0 Å². The second-order valence-electron chi connectivity index (χ2n) is 8.19. The third-order valence-electron chi connectivity index (χ3n) is 6.14. The van der Waals surface area contributed by atoms with E-state index in [1.165, 1.54) is 19.3 Å². The number of piperidine rings is 1. The third-order valence-corrected chi connectivity index (χ3v) is 6.14. The zero-order chi connectivity index (χ0) is 20.3. The maximum absolute atomic E-state index is 13.1. The van der Waals surface area contributed by atoms with Crippen molar-refractivity contribution >= 4 is 5.91 Å². The van der Waals surface area contributed by atoms with Crippen LogP contribution in [0.15, 0.2) is 42.7 Å². The Morgan fingerprint density at radius 2 is 1.77 bits per heavy atom. The van der Waals surface area contributed by atoms with Crippen molar-refractivity contribution in [2.75, 3.05) is 13.1 Å². The first-order valence-corrected chi connectivity index (χ1v) is 10.9. The van der Waals surface area contributed by atoms with Crippen LogP contribution in [0, 0.1) is 0 Å². The Labute approximate surface area is 176 Å². The van der Waals surface area contributed by atoms with Gasteiger partial charge in [0, 0.05) is 49.9 Å². The normalized spacial score (nSPS) is 19.2. The van der Waals surface area contributed by atoms with E-state index in [2.05, 4.69) is 24.7 Å². The molecule has 30 heavy (non-hydrogen) atoms. The van der Waals surface area contributed by atoms with Crippen molar-refractivity contribution < 1.29 is 4.79 Å². The zero-order valence-corrected chi connectivity index (χ0v) is 17.1. The Kier molecular flexibility index (Phi) is 5.26. The molecule has 3 aromatic rings. The van der Waals surface area contributed by atoms with Crippen molar-refractivity contribution in [2.24, 2.45) is 0 Å². The maximum Gasteiger partial charge on any atom is 0.257 e. The molecular formula is C23H26N6O. The average Bonchev–Trinajstić information content (AvgIpc) is 3.07. The lowest BCUT2D eigenvalue weighted by Crippen LogP contribution is -2.40. The molecule has 7 nitrogen and oxygen atoms in total. The standard InChI is InChI=1S/C23H26N6O/c30-23(19-14-24-21(25-15-19)17-8-3-1-4-9-17)28-12-7-10-18(16-28)22-27-26-20-11-5-2-6-13-29(20)22/h1,3-4,8-9,14-15,18H,2,5-7,10-13,16H2. The first-order chi connectivity index (χ1) is 14.8. The summed E-state index contributed by atoms with van der Waals surface area (Å²) >= 11 is 0. The molecule has 2 aliphatic rings. The van der Waals surface area contributed by atoms with Crippen molar-refractivity contribution in [3.8, 4) is 11.4 Å². The van der Waals surface area contributed by atoms with E-state index in [1.807, 2.05) is 35.2 Å². The molecule has 1 fully saturated rings. The van der Waals surface area contributed by atoms with Gasteiger partial charge in [-0.3, -0.25) is 4.79 Å². The molecule has 1 saturated heterocycles. The van der Waals surface area contributed by atoms with Gasteiger partial charge in [-0.05, 0) is 25.7 Å². The number of likely N-dealkylation sites (tertiary alicyclic amines) is 1. The first-order valence-electron chi connectivity index (χ1n) is 10.9. The zero-order valence-electron chi connectivity index (χ0n) is 17.1. The quantitative estimate of drug-likeness (QED) is 0.670. The topological polar surface area (TPSA) is 76.8 Å². The van der Waals surface area contributed by atoms with Gasteiger partial charge in [-0.2, -0.15) is 0 Å². The number of aromatic nitrogens is 5. The lowest BCUT2D eigenvalue weighted by molar-refractivity contribution is 0.0702. The molecule has 0 spiro atoms. The second-order valence-corrected chi connectivity index (χ2v) is 8.19. The minimum absolute atomic E-state index is 0.00471. The summed E-state index contributed by atoms with van der Waals surface area (Å²) in [5.74, 6) is 3.03. The van der Waals surface area contributed by atoms with E-state index in [-0.39, 0.29) is 11.8 Å². The van der Waals surface area contributed by atoms with E-state index in [1.54, 1.807) is 12.4 Å². The molecule has 0 radical (unpaired) electrons. The summed E-state index contributed by atoms with van der Waals surface area (Å²) in [6, 6.07) is 9.80. The lowest BCUT2D eigenvalue weighted by Gasteiger charge is -2.32. The second kappa shape index (κ2) is 8.34. The summed E-state index contributed by atoms with van der Waals surface area (Å²) in [6.07, 6.45) is 9.93. The van der Waals surface area contributed by atoms with Crippen LogP contribution in [-0.4, -0.2) is 48.6 Å². The van der Waals surface area contributed by atoms with Crippen molar-refractivity contribution in [1.29, 1.82) is 0 Å². The predicted molar refractivity (Wildman–Crippen MR) is 113 cm³/mol. The summed E-state index contributed by atoms with van der Waals surface area (Å²) in [4.78, 5) is 23.9. The Bertz CT molecular complexity index is 1010. The largest absolute Gasteiger partial charge is 0.338 e. The van der Waals surface area contributed by atoms with Crippen LogP contribution in [0.1, 0.15) is 60.0 Å². The highest BCUT2D eigenvalue weighted by Crippen LogP contribution is 2.28. The van der Waals surface area contributed by atoms with Crippen LogP contribution < -0.4 is 0 Å². The summed E-state index contributed by atoms with van der Waals surface area (Å²) in [7, 11) is 0. The molecule has 4 heterocycles. The fourth-order valence-electron chi connectivity index (χ4n) is 4.54. The van der Waals surface area contributed by atoms with E-state index in [9.17, 15) is 4.79 Å². The molecular weight excluding hydrogens is 376 g/mol. The van der Waals surface area contributed by atoms with Crippen LogP contribution in [0.4, 0.5) is 0 Å². The predicted octanol–water partition coefficient (Wildman–Crippen LogP) is 3.48. The molecule has 2 aromatic heterocycles. The first kappa shape index (κ1) is 18.9. The number of hydrogen-bond donors (Lipinski definition) is 0. The molecule has 1 amide bonds. The van der Waals surface area contributed by atoms with Gasteiger partial charge in [-0.15, -0.1) is 10.2 Å². The number of nitrogens with zero attached hydrogens (tertiary/aromatic N) is 6. The highest BCUT2D eigenvalue weighted by atomic mass is 16.2. The summed E-state index contributed by atoms with van der Waals surface area (Å²) in [5.41, 5.74) is 1.48. The number of carbonyl (C=O) groups excluding carboxylic acids is 1. The van der Waals surface area contributed by atoms with E-state index in [4.69, 9.17) is 0 Å². The van der Waals surface area contributed by atoms with Crippen LogP contribution in [0.2, 0.25) is 0 Å². The number of hydrogen-bond acceptors (Lipinski definition) is 5. The van der Waals surface area contributed by atoms with Crippen LogP contribution in [0.3, 0.4) is 0 Å².